The molecule has 3 rings (SSSR count). The fraction of sp³-hybridized carbons (Fsp3) is 0.533. The zero-order chi connectivity index (χ0) is 12.4. The molecule has 2 atom stereocenters. The van der Waals surface area contributed by atoms with Crippen molar-refractivity contribution in [3.8, 4) is 6.19 Å². The van der Waals surface area contributed by atoms with Gasteiger partial charge in [-0.25, -0.2) is 0 Å². The van der Waals surface area contributed by atoms with E-state index >= 15 is 0 Å². The van der Waals surface area contributed by atoms with Crippen molar-refractivity contribution in [1.29, 1.82) is 5.26 Å². The molecule has 2 fully saturated rings. The summed E-state index contributed by atoms with van der Waals surface area (Å²) in [7, 11) is 0. The number of rotatable bonds is 2. The number of nitrogens with zero attached hydrogens (tertiary/aromatic N) is 3. The molecule has 2 heterocycles. The zero-order valence-electron chi connectivity index (χ0n) is 10.6. The first-order valence-electron chi connectivity index (χ1n) is 6.74. The highest BCUT2D eigenvalue weighted by Crippen LogP contribution is 2.28. The van der Waals surface area contributed by atoms with Gasteiger partial charge in [0.15, 0.2) is 6.19 Å². The van der Waals surface area contributed by atoms with E-state index in [1.54, 1.807) is 0 Å². The van der Waals surface area contributed by atoms with Gasteiger partial charge in [0.1, 0.15) is 0 Å². The van der Waals surface area contributed by atoms with E-state index in [2.05, 4.69) is 41.4 Å². The van der Waals surface area contributed by atoms with Crippen LogP contribution in [0.3, 0.4) is 0 Å². The van der Waals surface area contributed by atoms with E-state index in [0.717, 1.165) is 32.7 Å². The fourth-order valence-electron chi connectivity index (χ4n) is 3.44. The molecule has 0 amide bonds. The second kappa shape index (κ2) is 4.99. The molecule has 2 aliphatic rings. The summed E-state index contributed by atoms with van der Waals surface area (Å²) >= 11 is 0. The van der Waals surface area contributed by atoms with Gasteiger partial charge in [0.05, 0.1) is 0 Å². The number of benzene rings is 1. The summed E-state index contributed by atoms with van der Waals surface area (Å²) in [5.74, 6) is 1.36. The van der Waals surface area contributed by atoms with Crippen molar-refractivity contribution >= 4 is 0 Å². The Labute approximate surface area is 109 Å². The Morgan fingerprint density at radius 2 is 1.72 bits per heavy atom. The molecule has 0 aromatic heterocycles. The van der Waals surface area contributed by atoms with Crippen LogP contribution >= 0.6 is 0 Å². The predicted molar refractivity (Wildman–Crippen MR) is 70.5 cm³/mol. The van der Waals surface area contributed by atoms with E-state index in [-0.39, 0.29) is 0 Å². The first-order valence-corrected chi connectivity index (χ1v) is 6.74. The summed E-state index contributed by atoms with van der Waals surface area (Å²) in [6.07, 6.45) is 3.62. The SMILES string of the molecule is N#CN1CC2CC(C1)CN(Cc1ccccc1)C2. The van der Waals surface area contributed by atoms with Crippen LogP contribution in [-0.4, -0.2) is 36.0 Å². The van der Waals surface area contributed by atoms with E-state index in [4.69, 9.17) is 5.26 Å². The van der Waals surface area contributed by atoms with Gasteiger partial charge in [0.25, 0.3) is 0 Å². The molecule has 94 valence electrons. The summed E-state index contributed by atoms with van der Waals surface area (Å²) in [6, 6.07) is 10.7. The topological polar surface area (TPSA) is 30.3 Å². The summed E-state index contributed by atoms with van der Waals surface area (Å²) in [5, 5.41) is 9.01. The second-order valence-corrected chi connectivity index (χ2v) is 5.65. The van der Waals surface area contributed by atoms with Crippen LogP contribution in [0.15, 0.2) is 30.3 Å². The molecule has 2 aliphatic heterocycles. The van der Waals surface area contributed by atoms with Gasteiger partial charge in [-0.2, -0.15) is 5.26 Å². The van der Waals surface area contributed by atoms with Crippen molar-refractivity contribution in [1.82, 2.24) is 9.80 Å². The van der Waals surface area contributed by atoms with Crippen LogP contribution in [0, 0.1) is 23.3 Å². The standard InChI is InChI=1S/C15H19N3/c16-12-18-10-14-6-15(11-18)9-17(8-14)7-13-4-2-1-3-5-13/h1-5,14-15H,6-11H2. The Bertz CT molecular complexity index is 423. The average Bonchev–Trinajstić information content (AvgIpc) is 2.38. The molecule has 0 radical (unpaired) electrons. The van der Waals surface area contributed by atoms with Gasteiger partial charge in [-0.3, -0.25) is 4.90 Å². The Morgan fingerprint density at radius 1 is 1.06 bits per heavy atom. The van der Waals surface area contributed by atoms with Crippen LogP contribution < -0.4 is 0 Å². The van der Waals surface area contributed by atoms with Gasteiger partial charge in [0.2, 0.25) is 0 Å². The normalized spacial score (nSPS) is 27.8. The van der Waals surface area contributed by atoms with Crippen molar-refractivity contribution in [2.24, 2.45) is 11.8 Å². The maximum atomic E-state index is 9.01. The Balaban J connectivity index is 1.63. The molecule has 0 saturated carbocycles. The molecular weight excluding hydrogens is 222 g/mol. The van der Waals surface area contributed by atoms with Crippen LogP contribution in [0.5, 0.6) is 0 Å². The molecule has 2 saturated heterocycles. The van der Waals surface area contributed by atoms with Crippen LogP contribution in [0.2, 0.25) is 0 Å². The maximum Gasteiger partial charge on any atom is 0.179 e. The molecule has 0 N–H and O–H groups in total. The summed E-state index contributed by atoms with van der Waals surface area (Å²) in [4.78, 5) is 4.50. The monoisotopic (exact) mass is 241 g/mol. The first kappa shape index (κ1) is 11.6. The van der Waals surface area contributed by atoms with Gasteiger partial charge in [-0.05, 0) is 23.8 Å². The largest absolute Gasteiger partial charge is 0.310 e. The van der Waals surface area contributed by atoms with Crippen LogP contribution in [0.25, 0.3) is 0 Å². The summed E-state index contributed by atoms with van der Waals surface area (Å²) < 4.78 is 0. The lowest BCUT2D eigenvalue weighted by atomic mass is 9.85. The third-order valence-electron chi connectivity index (χ3n) is 4.05. The van der Waals surface area contributed by atoms with E-state index in [1.807, 2.05) is 4.90 Å². The fourth-order valence-corrected chi connectivity index (χ4v) is 3.44. The third kappa shape index (κ3) is 2.49. The van der Waals surface area contributed by atoms with E-state index in [0.29, 0.717) is 11.8 Å². The van der Waals surface area contributed by atoms with Gasteiger partial charge in [-0.1, -0.05) is 30.3 Å². The van der Waals surface area contributed by atoms with Crippen LogP contribution in [0.1, 0.15) is 12.0 Å². The molecule has 0 spiro atoms. The predicted octanol–water partition coefficient (Wildman–Crippen LogP) is 1.92. The highest BCUT2D eigenvalue weighted by Gasteiger charge is 2.33. The van der Waals surface area contributed by atoms with E-state index in [9.17, 15) is 0 Å². The highest BCUT2D eigenvalue weighted by molar-refractivity contribution is 5.14. The number of nitriles is 1. The highest BCUT2D eigenvalue weighted by atomic mass is 15.2. The van der Waals surface area contributed by atoms with E-state index in [1.165, 1.54) is 12.0 Å². The number of likely N-dealkylation sites (tertiary alicyclic amines) is 2. The zero-order valence-corrected chi connectivity index (χ0v) is 10.6. The number of hydrogen-bond donors (Lipinski definition) is 0. The van der Waals surface area contributed by atoms with Crippen LogP contribution in [-0.2, 0) is 6.54 Å². The lowest BCUT2D eigenvalue weighted by Gasteiger charge is -2.44. The molecule has 1 aromatic carbocycles. The first-order chi connectivity index (χ1) is 8.83. The molecule has 2 unspecified atom stereocenters. The molecule has 1 aromatic rings. The lowest BCUT2D eigenvalue weighted by molar-refractivity contribution is 0.0508. The Hall–Kier alpha value is -1.53. The lowest BCUT2D eigenvalue weighted by Crippen LogP contribution is -2.51. The summed E-state index contributed by atoms with van der Waals surface area (Å²) in [6.45, 7) is 5.25. The van der Waals surface area contributed by atoms with Crippen molar-refractivity contribution in [2.45, 2.75) is 13.0 Å². The van der Waals surface area contributed by atoms with Gasteiger partial charge in [0, 0.05) is 32.7 Å². The molecular formula is C15H19N3. The van der Waals surface area contributed by atoms with Crippen LogP contribution in [0.4, 0.5) is 0 Å². The second-order valence-electron chi connectivity index (χ2n) is 5.65. The molecule has 0 aliphatic carbocycles. The summed E-state index contributed by atoms with van der Waals surface area (Å²) in [5.41, 5.74) is 1.40. The van der Waals surface area contributed by atoms with Crippen molar-refractivity contribution in [3.63, 3.8) is 0 Å². The Kier molecular flexibility index (Phi) is 3.21. The third-order valence-corrected chi connectivity index (χ3v) is 4.05. The van der Waals surface area contributed by atoms with Crippen molar-refractivity contribution < 1.29 is 0 Å². The molecule has 2 bridgehead atoms. The minimum absolute atomic E-state index is 0.681. The smallest absolute Gasteiger partial charge is 0.179 e. The van der Waals surface area contributed by atoms with Gasteiger partial charge in [-0.15, -0.1) is 0 Å². The molecule has 3 nitrogen and oxygen atoms in total. The molecule has 3 heteroatoms. The number of fused-ring (bicyclic) bond motifs is 2. The van der Waals surface area contributed by atoms with Gasteiger partial charge >= 0.3 is 0 Å². The number of hydrogen-bond acceptors (Lipinski definition) is 3. The Morgan fingerprint density at radius 3 is 2.33 bits per heavy atom. The minimum Gasteiger partial charge on any atom is -0.310 e. The van der Waals surface area contributed by atoms with Gasteiger partial charge < -0.3 is 4.90 Å². The van der Waals surface area contributed by atoms with E-state index < -0.39 is 0 Å². The molecule has 18 heavy (non-hydrogen) atoms. The maximum absolute atomic E-state index is 9.01. The number of piperidine rings is 2. The minimum atomic E-state index is 0.681. The average molecular weight is 241 g/mol. The van der Waals surface area contributed by atoms with Crippen molar-refractivity contribution in [2.75, 3.05) is 26.2 Å². The van der Waals surface area contributed by atoms with Crippen molar-refractivity contribution in [3.05, 3.63) is 35.9 Å². The quantitative estimate of drug-likeness (QED) is 0.741.